The third kappa shape index (κ3) is 1.86. The molecule has 1 aliphatic heterocycles. The number of hydrogen-bond acceptors (Lipinski definition) is 4. The molecule has 96 valence electrons. The van der Waals surface area contributed by atoms with Crippen molar-refractivity contribution in [3.8, 4) is 0 Å². The largest absolute Gasteiger partial charge is 0.350 e. The molecule has 0 bridgehead atoms. The molecule has 5 heteroatoms. The zero-order valence-electron chi connectivity index (χ0n) is 11.0. The minimum Gasteiger partial charge on any atom is -0.350 e. The van der Waals surface area contributed by atoms with E-state index >= 15 is 0 Å². The van der Waals surface area contributed by atoms with Gasteiger partial charge in [-0.05, 0) is 19.9 Å². The van der Waals surface area contributed by atoms with E-state index in [0.717, 1.165) is 23.6 Å². The first-order chi connectivity index (χ1) is 8.66. The lowest BCUT2D eigenvalue weighted by Crippen LogP contribution is -2.45. The molecular formula is C13H18N4S. The van der Waals surface area contributed by atoms with Crippen molar-refractivity contribution in [2.45, 2.75) is 32.1 Å². The maximum Gasteiger partial charge on any atom is 0.154 e. The molecule has 0 N–H and O–H groups in total. The molecule has 4 nitrogen and oxygen atoms in total. The molecule has 1 aliphatic rings. The highest BCUT2D eigenvalue weighted by Crippen LogP contribution is 2.30. The summed E-state index contributed by atoms with van der Waals surface area (Å²) in [6, 6.07) is 2.62. The van der Waals surface area contributed by atoms with E-state index in [4.69, 9.17) is 0 Å². The number of fused-ring (bicyclic) bond motifs is 1. The second-order valence-corrected chi connectivity index (χ2v) is 6.36. The van der Waals surface area contributed by atoms with Crippen LogP contribution in [-0.4, -0.2) is 38.2 Å². The number of aryl methyl sites for hydroxylation is 1. The van der Waals surface area contributed by atoms with Crippen molar-refractivity contribution in [3.63, 3.8) is 0 Å². The summed E-state index contributed by atoms with van der Waals surface area (Å²) in [7, 11) is 0. The van der Waals surface area contributed by atoms with Crippen molar-refractivity contribution in [3.05, 3.63) is 24.2 Å². The monoisotopic (exact) mass is 262 g/mol. The van der Waals surface area contributed by atoms with Crippen molar-refractivity contribution in [2.75, 3.05) is 17.2 Å². The van der Waals surface area contributed by atoms with Crippen LogP contribution in [0.4, 0.5) is 5.82 Å². The summed E-state index contributed by atoms with van der Waals surface area (Å²) in [5.74, 6) is 2.24. The molecule has 2 atom stereocenters. The van der Waals surface area contributed by atoms with E-state index in [1.165, 1.54) is 5.75 Å². The predicted molar refractivity (Wildman–Crippen MR) is 76.5 cm³/mol. The van der Waals surface area contributed by atoms with Crippen molar-refractivity contribution in [2.24, 2.45) is 0 Å². The van der Waals surface area contributed by atoms with E-state index in [9.17, 15) is 0 Å². The topological polar surface area (TPSA) is 33.4 Å². The van der Waals surface area contributed by atoms with E-state index in [1.807, 2.05) is 35.6 Å². The van der Waals surface area contributed by atoms with Gasteiger partial charge >= 0.3 is 0 Å². The van der Waals surface area contributed by atoms with E-state index < -0.39 is 0 Å². The number of nitrogens with zero attached hydrogens (tertiary/aromatic N) is 4. The van der Waals surface area contributed by atoms with Crippen LogP contribution in [0.25, 0.3) is 5.52 Å². The van der Waals surface area contributed by atoms with E-state index in [1.54, 1.807) is 0 Å². The summed E-state index contributed by atoms with van der Waals surface area (Å²) in [6.45, 7) is 7.66. The maximum atomic E-state index is 4.58. The van der Waals surface area contributed by atoms with Gasteiger partial charge in [-0.3, -0.25) is 0 Å². The minimum atomic E-state index is 0.512. The lowest BCUT2D eigenvalue weighted by molar-refractivity contribution is 0.620. The Balaban J connectivity index is 2.07. The number of anilines is 1. The number of rotatable bonds is 1. The highest BCUT2D eigenvalue weighted by Gasteiger charge is 2.27. The van der Waals surface area contributed by atoms with Crippen molar-refractivity contribution in [1.29, 1.82) is 0 Å². The Kier molecular flexibility index (Phi) is 2.93. The maximum absolute atomic E-state index is 4.58. The van der Waals surface area contributed by atoms with Crippen LogP contribution in [0.3, 0.4) is 0 Å². The second-order valence-electron chi connectivity index (χ2n) is 4.88. The van der Waals surface area contributed by atoms with Gasteiger partial charge in [-0.15, -0.1) is 0 Å². The van der Waals surface area contributed by atoms with Gasteiger partial charge in [0, 0.05) is 36.0 Å². The van der Waals surface area contributed by atoms with E-state index in [-0.39, 0.29) is 0 Å². The summed E-state index contributed by atoms with van der Waals surface area (Å²) in [4.78, 5) is 7.00. The third-order valence-electron chi connectivity index (χ3n) is 3.65. The van der Waals surface area contributed by atoms with Gasteiger partial charge in [0.25, 0.3) is 0 Å². The molecular weight excluding hydrogens is 244 g/mol. The average Bonchev–Trinajstić information content (AvgIpc) is 2.73. The van der Waals surface area contributed by atoms with Crippen molar-refractivity contribution in [1.82, 2.24) is 14.6 Å². The summed E-state index contributed by atoms with van der Waals surface area (Å²) in [5.41, 5.74) is 2.15. The van der Waals surface area contributed by atoms with Crippen LogP contribution < -0.4 is 4.90 Å². The van der Waals surface area contributed by atoms with Gasteiger partial charge in [-0.2, -0.15) is 16.9 Å². The SMILES string of the molecule is Cc1cc2c(N3CCSC(C)C3C)nccn2n1. The molecule has 3 rings (SSSR count). The summed E-state index contributed by atoms with van der Waals surface area (Å²) < 4.78 is 1.93. The Hall–Kier alpha value is -1.23. The molecule has 1 fully saturated rings. The lowest BCUT2D eigenvalue weighted by atomic mass is 10.2. The van der Waals surface area contributed by atoms with Gasteiger partial charge in [-0.25, -0.2) is 9.50 Å². The first-order valence-corrected chi connectivity index (χ1v) is 7.41. The van der Waals surface area contributed by atoms with Crippen LogP contribution in [0.2, 0.25) is 0 Å². The van der Waals surface area contributed by atoms with Gasteiger partial charge in [0.2, 0.25) is 0 Å². The van der Waals surface area contributed by atoms with Gasteiger partial charge in [0.1, 0.15) is 5.52 Å². The fraction of sp³-hybridized carbons (Fsp3) is 0.538. The average molecular weight is 262 g/mol. The van der Waals surface area contributed by atoms with Gasteiger partial charge in [0.15, 0.2) is 5.82 Å². The Labute approximate surface area is 111 Å². The second kappa shape index (κ2) is 4.46. The molecule has 18 heavy (non-hydrogen) atoms. The smallest absolute Gasteiger partial charge is 0.154 e. The zero-order chi connectivity index (χ0) is 12.7. The Morgan fingerprint density at radius 1 is 1.39 bits per heavy atom. The van der Waals surface area contributed by atoms with Crippen LogP contribution in [0.5, 0.6) is 0 Å². The van der Waals surface area contributed by atoms with Crippen molar-refractivity contribution < 1.29 is 0 Å². The predicted octanol–water partition coefficient (Wildman–Crippen LogP) is 2.37. The third-order valence-corrected chi connectivity index (χ3v) is 4.99. The summed E-state index contributed by atoms with van der Waals surface area (Å²) in [6.07, 6.45) is 3.76. The van der Waals surface area contributed by atoms with Gasteiger partial charge in [-0.1, -0.05) is 6.92 Å². The van der Waals surface area contributed by atoms with E-state index in [0.29, 0.717) is 11.3 Å². The van der Waals surface area contributed by atoms with Crippen LogP contribution in [-0.2, 0) is 0 Å². The lowest BCUT2D eigenvalue weighted by Gasteiger charge is -2.38. The summed E-state index contributed by atoms with van der Waals surface area (Å²) in [5, 5.41) is 5.10. The van der Waals surface area contributed by atoms with Gasteiger partial charge in [0.05, 0.1) is 5.69 Å². The molecule has 1 saturated heterocycles. The molecule has 2 unspecified atom stereocenters. The molecule has 2 aromatic rings. The fourth-order valence-electron chi connectivity index (χ4n) is 2.48. The highest BCUT2D eigenvalue weighted by molar-refractivity contribution is 8.00. The highest BCUT2D eigenvalue weighted by atomic mass is 32.2. The molecule has 0 radical (unpaired) electrons. The molecule has 0 spiro atoms. The molecule has 0 aliphatic carbocycles. The molecule has 2 aromatic heterocycles. The number of hydrogen-bond donors (Lipinski definition) is 0. The van der Waals surface area contributed by atoms with Crippen LogP contribution in [0.1, 0.15) is 19.5 Å². The summed E-state index contributed by atoms with van der Waals surface area (Å²) >= 11 is 2.04. The van der Waals surface area contributed by atoms with E-state index in [2.05, 4.69) is 34.9 Å². The van der Waals surface area contributed by atoms with Crippen LogP contribution in [0.15, 0.2) is 18.5 Å². The number of aromatic nitrogens is 3. The standard InChI is InChI=1S/C13H18N4S/c1-9-8-12-13(14-4-5-17(12)15-9)16-6-7-18-11(3)10(16)2/h4-5,8,10-11H,6-7H2,1-3H3. The van der Waals surface area contributed by atoms with Gasteiger partial charge < -0.3 is 4.90 Å². The number of thioether (sulfide) groups is 1. The van der Waals surface area contributed by atoms with Crippen LogP contribution >= 0.6 is 11.8 Å². The molecule has 0 saturated carbocycles. The van der Waals surface area contributed by atoms with Crippen LogP contribution in [0, 0.1) is 6.92 Å². The Morgan fingerprint density at radius 3 is 3.06 bits per heavy atom. The normalized spacial score (nSPS) is 24.7. The van der Waals surface area contributed by atoms with Crippen molar-refractivity contribution >= 4 is 23.1 Å². The Morgan fingerprint density at radius 2 is 2.22 bits per heavy atom. The Bertz CT molecular complexity index is 565. The fourth-order valence-corrected chi connectivity index (χ4v) is 3.58. The quantitative estimate of drug-likeness (QED) is 0.790. The minimum absolute atomic E-state index is 0.512. The first kappa shape index (κ1) is 11.8. The zero-order valence-corrected chi connectivity index (χ0v) is 11.8. The molecule has 0 aromatic carbocycles. The molecule has 3 heterocycles. The first-order valence-electron chi connectivity index (χ1n) is 6.36. The molecule has 0 amide bonds.